The molecule has 3 nitrogen and oxygen atoms in total. The van der Waals surface area contributed by atoms with Crippen molar-refractivity contribution in [2.24, 2.45) is 5.73 Å². The Morgan fingerprint density at radius 2 is 1.80 bits per heavy atom. The van der Waals surface area contributed by atoms with E-state index in [1.165, 1.54) is 12.1 Å². The summed E-state index contributed by atoms with van der Waals surface area (Å²) in [6.45, 7) is 0.0353. The summed E-state index contributed by atoms with van der Waals surface area (Å²) < 4.78 is 37.2. The molecule has 0 spiro atoms. The van der Waals surface area contributed by atoms with Gasteiger partial charge in [0.05, 0.1) is 13.2 Å². The molecule has 0 aliphatic carbocycles. The van der Waals surface area contributed by atoms with Gasteiger partial charge in [-0.1, -0.05) is 18.2 Å². The van der Waals surface area contributed by atoms with Gasteiger partial charge in [-0.05, 0) is 18.2 Å². The zero-order valence-corrected chi connectivity index (χ0v) is 11.0. The summed E-state index contributed by atoms with van der Waals surface area (Å²) in [5.41, 5.74) is 5.91. The first-order chi connectivity index (χ1) is 9.61. The van der Waals surface area contributed by atoms with Crippen LogP contribution in [0.15, 0.2) is 42.5 Å². The van der Waals surface area contributed by atoms with Crippen LogP contribution in [0.4, 0.5) is 8.78 Å². The second-order valence-corrected chi connectivity index (χ2v) is 4.24. The fourth-order valence-corrected chi connectivity index (χ4v) is 1.77. The summed E-state index contributed by atoms with van der Waals surface area (Å²) in [6, 6.07) is 10.1. The molecule has 0 heterocycles. The quantitative estimate of drug-likeness (QED) is 0.915. The third-order valence-corrected chi connectivity index (χ3v) is 2.85. The molecule has 1 atom stereocenters. The largest absolute Gasteiger partial charge is 0.497 e. The van der Waals surface area contributed by atoms with Crippen molar-refractivity contribution in [3.05, 3.63) is 59.7 Å². The lowest BCUT2D eigenvalue weighted by Crippen LogP contribution is -2.20. The van der Waals surface area contributed by atoms with Gasteiger partial charge in [-0.3, -0.25) is 0 Å². The Bertz CT molecular complexity index is 590. The van der Waals surface area contributed by atoms with Crippen molar-refractivity contribution in [1.82, 2.24) is 0 Å². The van der Waals surface area contributed by atoms with Crippen LogP contribution in [0.5, 0.6) is 11.5 Å². The number of halogens is 2. The van der Waals surface area contributed by atoms with E-state index < -0.39 is 17.7 Å². The SMILES string of the molecule is COc1cccc(OCC(N)c2cccc(F)c2F)c1. The van der Waals surface area contributed by atoms with Crippen molar-refractivity contribution in [2.75, 3.05) is 13.7 Å². The molecule has 0 radical (unpaired) electrons. The Morgan fingerprint density at radius 3 is 2.55 bits per heavy atom. The minimum Gasteiger partial charge on any atom is -0.497 e. The molecule has 0 aliphatic rings. The number of ether oxygens (including phenoxy) is 2. The Morgan fingerprint density at radius 1 is 1.10 bits per heavy atom. The van der Waals surface area contributed by atoms with Gasteiger partial charge in [-0.15, -0.1) is 0 Å². The van der Waals surface area contributed by atoms with Crippen LogP contribution in [-0.4, -0.2) is 13.7 Å². The zero-order valence-electron chi connectivity index (χ0n) is 11.0. The molecule has 0 bridgehead atoms. The van der Waals surface area contributed by atoms with E-state index in [4.69, 9.17) is 15.2 Å². The molecule has 0 aromatic heterocycles. The first kappa shape index (κ1) is 14.3. The minimum atomic E-state index is -0.936. The van der Waals surface area contributed by atoms with Crippen LogP contribution in [0.25, 0.3) is 0 Å². The maximum Gasteiger partial charge on any atom is 0.163 e. The standard InChI is InChI=1S/C15H15F2NO2/c1-19-10-4-2-5-11(8-10)20-9-14(18)12-6-3-7-13(16)15(12)17/h2-8,14H,9,18H2,1H3. The van der Waals surface area contributed by atoms with Gasteiger partial charge >= 0.3 is 0 Å². The lowest BCUT2D eigenvalue weighted by Gasteiger charge is -2.15. The molecule has 2 N–H and O–H groups in total. The van der Waals surface area contributed by atoms with Crippen molar-refractivity contribution in [1.29, 1.82) is 0 Å². The number of methoxy groups -OCH3 is 1. The molecule has 0 fully saturated rings. The number of rotatable bonds is 5. The van der Waals surface area contributed by atoms with Crippen LogP contribution in [0.2, 0.25) is 0 Å². The molecule has 2 rings (SSSR count). The molecule has 20 heavy (non-hydrogen) atoms. The van der Waals surface area contributed by atoms with Crippen molar-refractivity contribution in [2.45, 2.75) is 6.04 Å². The van der Waals surface area contributed by atoms with E-state index in [1.54, 1.807) is 31.4 Å². The molecule has 0 saturated carbocycles. The fraction of sp³-hybridized carbons (Fsp3) is 0.200. The minimum absolute atomic E-state index is 0.0353. The second-order valence-electron chi connectivity index (χ2n) is 4.24. The number of nitrogens with two attached hydrogens (primary N) is 1. The van der Waals surface area contributed by atoms with Crippen LogP contribution in [-0.2, 0) is 0 Å². The van der Waals surface area contributed by atoms with Crippen molar-refractivity contribution < 1.29 is 18.3 Å². The van der Waals surface area contributed by atoms with Crippen LogP contribution in [0, 0.1) is 11.6 Å². The Labute approximate surface area is 115 Å². The Balaban J connectivity index is 2.04. The molecule has 0 amide bonds. The molecule has 5 heteroatoms. The summed E-state index contributed by atoms with van der Waals surface area (Å²) in [7, 11) is 1.55. The molecule has 0 aliphatic heterocycles. The summed E-state index contributed by atoms with van der Waals surface area (Å²) in [6.07, 6.45) is 0. The third kappa shape index (κ3) is 3.24. The van der Waals surface area contributed by atoms with Crippen molar-refractivity contribution >= 4 is 0 Å². The van der Waals surface area contributed by atoms with Crippen LogP contribution >= 0.6 is 0 Å². The second kappa shape index (κ2) is 6.34. The molecular formula is C15H15F2NO2. The van der Waals surface area contributed by atoms with E-state index in [-0.39, 0.29) is 12.2 Å². The summed E-state index contributed by atoms with van der Waals surface area (Å²) in [5.74, 6) is -0.654. The molecule has 106 valence electrons. The van der Waals surface area contributed by atoms with Gasteiger partial charge in [-0.2, -0.15) is 0 Å². The summed E-state index contributed by atoms with van der Waals surface area (Å²) in [4.78, 5) is 0. The maximum atomic E-state index is 13.6. The number of hydrogen-bond acceptors (Lipinski definition) is 3. The summed E-state index contributed by atoms with van der Waals surface area (Å²) in [5, 5.41) is 0. The van der Waals surface area contributed by atoms with Gasteiger partial charge in [0, 0.05) is 11.6 Å². The van der Waals surface area contributed by atoms with Gasteiger partial charge in [-0.25, -0.2) is 8.78 Å². The lowest BCUT2D eigenvalue weighted by molar-refractivity contribution is 0.285. The van der Waals surface area contributed by atoms with Gasteiger partial charge in [0.25, 0.3) is 0 Å². The lowest BCUT2D eigenvalue weighted by atomic mass is 10.1. The highest BCUT2D eigenvalue weighted by Crippen LogP contribution is 2.22. The highest BCUT2D eigenvalue weighted by atomic mass is 19.2. The smallest absolute Gasteiger partial charge is 0.163 e. The first-order valence-electron chi connectivity index (χ1n) is 6.08. The van der Waals surface area contributed by atoms with Crippen LogP contribution in [0.3, 0.4) is 0 Å². The van der Waals surface area contributed by atoms with Gasteiger partial charge in [0.2, 0.25) is 0 Å². The van der Waals surface area contributed by atoms with Crippen molar-refractivity contribution in [3.8, 4) is 11.5 Å². The third-order valence-electron chi connectivity index (χ3n) is 2.85. The van der Waals surface area contributed by atoms with Crippen molar-refractivity contribution in [3.63, 3.8) is 0 Å². The number of hydrogen-bond donors (Lipinski definition) is 1. The van der Waals surface area contributed by atoms with Gasteiger partial charge in [0.1, 0.15) is 18.1 Å². The number of benzene rings is 2. The molecule has 1 unspecified atom stereocenters. The van der Waals surface area contributed by atoms with E-state index >= 15 is 0 Å². The highest BCUT2D eigenvalue weighted by molar-refractivity contribution is 5.33. The maximum absolute atomic E-state index is 13.6. The van der Waals surface area contributed by atoms with E-state index in [0.29, 0.717) is 11.5 Å². The van der Waals surface area contributed by atoms with Gasteiger partial charge in [0.15, 0.2) is 11.6 Å². The van der Waals surface area contributed by atoms with E-state index in [0.717, 1.165) is 6.07 Å². The average Bonchev–Trinajstić information content (AvgIpc) is 2.48. The summed E-state index contributed by atoms with van der Waals surface area (Å²) >= 11 is 0. The van der Waals surface area contributed by atoms with Crippen LogP contribution in [0.1, 0.15) is 11.6 Å². The monoisotopic (exact) mass is 279 g/mol. The van der Waals surface area contributed by atoms with Crippen LogP contribution < -0.4 is 15.2 Å². The Kier molecular flexibility index (Phi) is 4.53. The zero-order chi connectivity index (χ0) is 14.5. The molecule has 2 aromatic rings. The molecule has 0 saturated heterocycles. The Hall–Kier alpha value is -2.14. The average molecular weight is 279 g/mol. The van der Waals surface area contributed by atoms with E-state index in [2.05, 4.69) is 0 Å². The molecule has 2 aromatic carbocycles. The van der Waals surface area contributed by atoms with E-state index in [1.807, 2.05) is 0 Å². The predicted octanol–water partition coefficient (Wildman–Crippen LogP) is 3.05. The molecular weight excluding hydrogens is 264 g/mol. The fourth-order valence-electron chi connectivity index (χ4n) is 1.77. The predicted molar refractivity (Wildman–Crippen MR) is 71.8 cm³/mol. The highest BCUT2D eigenvalue weighted by Gasteiger charge is 2.15. The first-order valence-corrected chi connectivity index (χ1v) is 6.08. The topological polar surface area (TPSA) is 44.5 Å². The normalized spacial score (nSPS) is 12.0. The van der Waals surface area contributed by atoms with Gasteiger partial charge < -0.3 is 15.2 Å². The van der Waals surface area contributed by atoms with E-state index in [9.17, 15) is 8.78 Å².